The van der Waals surface area contributed by atoms with Crippen LogP contribution in [0.25, 0.3) is 0 Å². The zero-order valence-electron chi connectivity index (χ0n) is 9.77. The molecule has 0 saturated carbocycles. The van der Waals surface area contributed by atoms with Crippen molar-refractivity contribution in [3.05, 3.63) is 34.4 Å². The van der Waals surface area contributed by atoms with Gasteiger partial charge in [-0.1, -0.05) is 34.5 Å². The van der Waals surface area contributed by atoms with Crippen molar-refractivity contribution in [3.8, 4) is 0 Å². The first-order valence-electron chi connectivity index (χ1n) is 5.51. The van der Waals surface area contributed by atoms with Crippen LogP contribution in [0.2, 0.25) is 5.02 Å². The van der Waals surface area contributed by atoms with E-state index in [1.165, 1.54) is 0 Å². The lowest BCUT2D eigenvalue weighted by molar-refractivity contribution is 0.0930. The number of nitrogens with one attached hydrogen (secondary N) is 1. The smallest absolute Gasteiger partial charge is 0.254 e. The summed E-state index contributed by atoms with van der Waals surface area (Å²) in [6.07, 6.45) is 1.44. The second kappa shape index (κ2) is 7.04. The Morgan fingerprint density at radius 2 is 2.11 bits per heavy atom. The lowest BCUT2D eigenvalue weighted by Gasteiger charge is -2.16. The molecule has 100 valence electrons. The first kappa shape index (κ1) is 15.4. The highest BCUT2D eigenvalue weighted by Crippen LogP contribution is 2.19. The van der Waals surface area contributed by atoms with Crippen molar-refractivity contribution in [2.75, 3.05) is 5.33 Å². The number of amides is 1. The van der Waals surface area contributed by atoms with Gasteiger partial charge < -0.3 is 5.32 Å². The van der Waals surface area contributed by atoms with E-state index >= 15 is 0 Å². The highest BCUT2D eigenvalue weighted by Gasteiger charge is 2.17. The number of hydrogen-bond donors (Lipinski definition) is 1. The van der Waals surface area contributed by atoms with Crippen LogP contribution in [-0.4, -0.2) is 17.3 Å². The van der Waals surface area contributed by atoms with Gasteiger partial charge in [-0.2, -0.15) is 0 Å². The van der Waals surface area contributed by atoms with Crippen LogP contribution >= 0.6 is 27.5 Å². The van der Waals surface area contributed by atoms with Crippen LogP contribution in [-0.2, 0) is 0 Å². The van der Waals surface area contributed by atoms with E-state index in [1.54, 1.807) is 0 Å². The predicted molar refractivity (Wildman–Crippen MR) is 71.3 cm³/mol. The third kappa shape index (κ3) is 3.92. The maximum Gasteiger partial charge on any atom is 0.254 e. The van der Waals surface area contributed by atoms with Crippen LogP contribution in [0, 0.1) is 11.6 Å². The second-order valence-corrected chi connectivity index (χ2v) is 5.00. The lowest BCUT2D eigenvalue weighted by atomic mass is 10.1. The Morgan fingerprint density at radius 3 is 2.67 bits per heavy atom. The summed E-state index contributed by atoms with van der Waals surface area (Å²) in [6.45, 7) is 1.91. The third-order valence-corrected chi connectivity index (χ3v) is 3.29. The number of carbonyl (C=O) groups is 1. The number of alkyl halides is 1. The SMILES string of the molecule is CCC(CCBr)NC(=O)c1cc(F)c(Cl)cc1F. The predicted octanol–water partition coefficient (Wildman–Crippen LogP) is 3.91. The number of rotatable bonds is 5. The van der Waals surface area contributed by atoms with E-state index in [9.17, 15) is 13.6 Å². The molecule has 1 atom stereocenters. The largest absolute Gasteiger partial charge is 0.349 e. The van der Waals surface area contributed by atoms with Gasteiger partial charge in [0.05, 0.1) is 10.6 Å². The number of benzene rings is 1. The average Bonchev–Trinajstić information content (AvgIpc) is 2.33. The van der Waals surface area contributed by atoms with Gasteiger partial charge in [-0.3, -0.25) is 4.79 Å². The average molecular weight is 341 g/mol. The molecule has 0 aliphatic carbocycles. The van der Waals surface area contributed by atoms with Crippen LogP contribution < -0.4 is 5.32 Å². The Hall–Kier alpha value is -0.680. The van der Waals surface area contributed by atoms with Gasteiger partial charge in [0, 0.05) is 11.4 Å². The molecular formula is C12H13BrClF2NO. The van der Waals surface area contributed by atoms with Crippen molar-refractivity contribution >= 4 is 33.4 Å². The second-order valence-electron chi connectivity index (χ2n) is 3.80. The van der Waals surface area contributed by atoms with E-state index < -0.39 is 17.5 Å². The van der Waals surface area contributed by atoms with Gasteiger partial charge in [0.1, 0.15) is 11.6 Å². The fourth-order valence-electron chi connectivity index (χ4n) is 1.47. The lowest BCUT2D eigenvalue weighted by Crippen LogP contribution is -2.35. The summed E-state index contributed by atoms with van der Waals surface area (Å²) in [5.41, 5.74) is -0.329. The summed E-state index contributed by atoms with van der Waals surface area (Å²) in [5, 5.41) is 3.04. The molecule has 0 fully saturated rings. The molecule has 1 aromatic carbocycles. The van der Waals surface area contributed by atoms with E-state index in [0.717, 1.165) is 30.3 Å². The van der Waals surface area contributed by atoms with Gasteiger partial charge >= 0.3 is 0 Å². The first-order valence-corrected chi connectivity index (χ1v) is 7.00. The quantitative estimate of drug-likeness (QED) is 0.639. The Labute approximate surface area is 118 Å². The minimum atomic E-state index is -0.826. The zero-order chi connectivity index (χ0) is 13.7. The monoisotopic (exact) mass is 339 g/mol. The van der Waals surface area contributed by atoms with Gasteiger partial charge in [0.2, 0.25) is 0 Å². The third-order valence-electron chi connectivity index (χ3n) is 2.54. The molecule has 0 aromatic heterocycles. The standard InChI is InChI=1S/C12H13BrClF2NO/c1-2-7(3-4-13)17-12(18)8-5-11(16)9(14)6-10(8)15/h5-7H,2-4H2,1H3,(H,17,18). The maximum atomic E-state index is 13.5. The molecule has 0 spiro atoms. The van der Waals surface area contributed by atoms with Gasteiger partial charge in [-0.05, 0) is 25.0 Å². The molecule has 18 heavy (non-hydrogen) atoms. The molecular weight excluding hydrogens is 327 g/mol. The molecule has 2 nitrogen and oxygen atoms in total. The summed E-state index contributed by atoms with van der Waals surface area (Å²) in [7, 11) is 0. The molecule has 0 bridgehead atoms. The van der Waals surface area contributed by atoms with Crippen LogP contribution in [0.3, 0.4) is 0 Å². The zero-order valence-corrected chi connectivity index (χ0v) is 12.1. The van der Waals surface area contributed by atoms with E-state index in [4.69, 9.17) is 11.6 Å². The van der Waals surface area contributed by atoms with Crippen molar-refractivity contribution in [1.29, 1.82) is 0 Å². The summed E-state index contributed by atoms with van der Waals surface area (Å²) in [5.74, 6) is -2.26. The number of carbonyl (C=O) groups excluding carboxylic acids is 1. The highest BCUT2D eigenvalue weighted by molar-refractivity contribution is 9.09. The van der Waals surface area contributed by atoms with Crippen LogP contribution in [0.5, 0.6) is 0 Å². The van der Waals surface area contributed by atoms with E-state index in [2.05, 4.69) is 21.2 Å². The van der Waals surface area contributed by atoms with Crippen LogP contribution in [0.4, 0.5) is 8.78 Å². The summed E-state index contributed by atoms with van der Waals surface area (Å²) in [6, 6.07) is 1.54. The molecule has 0 aliphatic heterocycles. The van der Waals surface area contributed by atoms with Crippen molar-refractivity contribution in [2.24, 2.45) is 0 Å². The Kier molecular flexibility index (Phi) is 6.02. The molecule has 6 heteroatoms. The Balaban J connectivity index is 2.87. The van der Waals surface area contributed by atoms with Gasteiger partial charge in [-0.25, -0.2) is 8.78 Å². The van der Waals surface area contributed by atoms with E-state index in [-0.39, 0.29) is 16.6 Å². The van der Waals surface area contributed by atoms with Crippen molar-refractivity contribution in [2.45, 2.75) is 25.8 Å². The molecule has 0 radical (unpaired) electrons. The van der Waals surface area contributed by atoms with Crippen LogP contribution in [0.1, 0.15) is 30.1 Å². The highest BCUT2D eigenvalue weighted by atomic mass is 79.9. The molecule has 0 heterocycles. The molecule has 0 saturated heterocycles. The number of hydrogen-bond acceptors (Lipinski definition) is 1. The Morgan fingerprint density at radius 1 is 1.44 bits per heavy atom. The van der Waals surface area contributed by atoms with E-state index in [0.29, 0.717) is 0 Å². The van der Waals surface area contributed by atoms with Crippen LogP contribution in [0.15, 0.2) is 12.1 Å². The van der Waals surface area contributed by atoms with Gasteiger partial charge in [0.15, 0.2) is 0 Å². The number of halogens is 4. The summed E-state index contributed by atoms with van der Waals surface area (Å²) < 4.78 is 26.7. The van der Waals surface area contributed by atoms with Crippen molar-refractivity contribution in [3.63, 3.8) is 0 Å². The minimum absolute atomic E-state index is 0.0741. The van der Waals surface area contributed by atoms with Gasteiger partial charge in [0.25, 0.3) is 5.91 Å². The molecule has 1 unspecified atom stereocenters. The van der Waals surface area contributed by atoms with Gasteiger partial charge in [-0.15, -0.1) is 0 Å². The first-order chi connectivity index (χ1) is 8.49. The molecule has 1 N–H and O–H groups in total. The summed E-state index contributed by atoms with van der Waals surface area (Å²) in [4.78, 5) is 11.8. The van der Waals surface area contributed by atoms with Crippen molar-refractivity contribution in [1.82, 2.24) is 5.32 Å². The minimum Gasteiger partial charge on any atom is -0.349 e. The molecule has 0 aliphatic rings. The molecule has 1 aromatic rings. The fraction of sp³-hybridized carbons (Fsp3) is 0.417. The van der Waals surface area contributed by atoms with E-state index in [1.807, 2.05) is 6.92 Å². The van der Waals surface area contributed by atoms with Crippen molar-refractivity contribution < 1.29 is 13.6 Å². The normalized spacial score (nSPS) is 12.3. The topological polar surface area (TPSA) is 29.1 Å². The maximum absolute atomic E-state index is 13.5. The molecule has 1 amide bonds. The Bertz CT molecular complexity index is 442. The fourth-order valence-corrected chi connectivity index (χ4v) is 2.17. The summed E-state index contributed by atoms with van der Waals surface area (Å²) >= 11 is 8.69. The molecule has 1 rings (SSSR count).